The highest BCUT2D eigenvalue weighted by molar-refractivity contribution is 5.69. The SMILES string of the molecule is Cc1cc(N(C)c2ccccc2C)c(C(C)O)cc1F. The first-order valence-corrected chi connectivity index (χ1v) is 6.69. The molecule has 0 fully saturated rings. The van der Waals surface area contributed by atoms with Gasteiger partial charge in [0.05, 0.1) is 6.10 Å². The third-order valence-electron chi connectivity index (χ3n) is 3.60. The van der Waals surface area contributed by atoms with E-state index in [1.807, 2.05) is 43.1 Å². The summed E-state index contributed by atoms with van der Waals surface area (Å²) in [5.74, 6) is -0.289. The molecule has 0 radical (unpaired) electrons. The van der Waals surface area contributed by atoms with Crippen molar-refractivity contribution in [2.75, 3.05) is 11.9 Å². The van der Waals surface area contributed by atoms with Gasteiger partial charge in [0.15, 0.2) is 0 Å². The maximum absolute atomic E-state index is 13.7. The molecule has 0 amide bonds. The molecular weight excluding hydrogens is 253 g/mol. The summed E-state index contributed by atoms with van der Waals surface area (Å²) in [5.41, 5.74) is 4.17. The summed E-state index contributed by atoms with van der Waals surface area (Å²) in [5, 5.41) is 9.89. The van der Waals surface area contributed by atoms with Gasteiger partial charge in [0.1, 0.15) is 5.82 Å². The van der Waals surface area contributed by atoms with Crippen molar-refractivity contribution < 1.29 is 9.50 Å². The second kappa shape index (κ2) is 5.63. The summed E-state index contributed by atoms with van der Waals surface area (Å²) in [6, 6.07) is 11.2. The van der Waals surface area contributed by atoms with Gasteiger partial charge in [-0.25, -0.2) is 4.39 Å². The van der Waals surface area contributed by atoms with Crippen LogP contribution in [0.2, 0.25) is 0 Å². The van der Waals surface area contributed by atoms with E-state index in [1.165, 1.54) is 6.07 Å². The quantitative estimate of drug-likeness (QED) is 0.903. The third kappa shape index (κ3) is 2.68. The van der Waals surface area contributed by atoms with E-state index < -0.39 is 6.10 Å². The molecule has 2 nitrogen and oxygen atoms in total. The number of aliphatic hydroxyl groups is 1. The second-order valence-corrected chi connectivity index (χ2v) is 5.18. The number of halogens is 1. The summed E-state index contributed by atoms with van der Waals surface area (Å²) < 4.78 is 13.7. The van der Waals surface area contributed by atoms with Gasteiger partial charge in [-0.15, -0.1) is 0 Å². The Labute approximate surface area is 119 Å². The standard InChI is InChI=1S/C17H20FNO/c1-11-7-5-6-8-16(11)19(4)17-9-12(2)15(18)10-14(17)13(3)20/h5-10,13,20H,1-4H3. The minimum atomic E-state index is -0.716. The first-order valence-electron chi connectivity index (χ1n) is 6.69. The van der Waals surface area contributed by atoms with E-state index in [4.69, 9.17) is 0 Å². The number of rotatable bonds is 3. The predicted molar refractivity (Wildman–Crippen MR) is 81.0 cm³/mol. The highest BCUT2D eigenvalue weighted by Crippen LogP contribution is 2.34. The number of nitrogens with zero attached hydrogens (tertiary/aromatic N) is 1. The van der Waals surface area contributed by atoms with Crippen LogP contribution in [-0.4, -0.2) is 12.2 Å². The van der Waals surface area contributed by atoms with Crippen LogP contribution < -0.4 is 4.90 Å². The molecule has 0 aliphatic rings. The molecule has 0 aliphatic heterocycles. The molecule has 2 aromatic rings. The minimum absolute atomic E-state index is 0.289. The Balaban J connectivity index is 2.57. The highest BCUT2D eigenvalue weighted by atomic mass is 19.1. The molecule has 0 heterocycles. The fourth-order valence-corrected chi connectivity index (χ4v) is 2.38. The summed E-state index contributed by atoms with van der Waals surface area (Å²) in [6.07, 6.45) is -0.716. The van der Waals surface area contributed by atoms with Crippen molar-refractivity contribution >= 4 is 11.4 Å². The topological polar surface area (TPSA) is 23.5 Å². The van der Waals surface area contributed by atoms with Gasteiger partial charge in [-0.3, -0.25) is 0 Å². The zero-order chi connectivity index (χ0) is 14.9. The number of aryl methyl sites for hydroxylation is 2. The maximum atomic E-state index is 13.7. The maximum Gasteiger partial charge on any atom is 0.126 e. The molecule has 2 rings (SSSR count). The smallest absolute Gasteiger partial charge is 0.126 e. The van der Waals surface area contributed by atoms with E-state index in [-0.39, 0.29) is 5.82 Å². The van der Waals surface area contributed by atoms with Crippen LogP contribution in [0.4, 0.5) is 15.8 Å². The Kier molecular flexibility index (Phi) is 4.09. The summed E-state index contributed by atoms with van der Waals surface area (Å²) in [6.45, 7) is 5.42. The molecule has 2 aromatic carbocycles. The molecule has 0 aromatic heterocycles. The van der Waals surface area contributed by atoms with Crippen LogP contribution >= 0.6 is 0 Å². The van der Waals surface area contributed by atoms with Crippen LogP contribution in [0.5, 0.6) is 0 Å². The number of hydrogen-bond donors (Lipinski definition) is 1. The molecule has 106 valence electrons. The fraction of sp³-hybridized carbons (Fsp3) is 0.294. The molecule has 20 heavy (non-hydrogen) atoms. The summed E-state index contributed by atoms with van der Waals surface area (Å²) >= 11 is 0. The number of anilines is 2. The van der Waals surface area contributed by atoms with Crippen molar-refractivity contribution in [1.29, 1.82) is 0 Å². The number of benzene rings is 2. The van der Waals surface area contributed by atoms with Gasteiger partial charge in [-0.1, -0.05) is 18.2 Å². The lowest BCUT2D eigenvalue weighted by Gasteiger charge is -2.26. The molecule has 1 atom stereocenters. The van der Waals surface area contributed by atoms with Crippen LogP contribution in [0.25, 0.3) is 0 Å². The molecule has 0 saturated heterocycles. The van der Waals surface area contributed by atoms with Gasteiger partial charge in [0, 0.05) is 24.0 Å². The third-order valence-corrected chi connectivity index (χ3v) is 3.60. The van der Waals surface area contributed by atoms with E-state index in [2.05, 4.69) is 0 Å². The van der Waals surface area contributed by atoms with Crippen LogP contribution in [0.3, 0.4) is 0 Å². The number of aliphatic hydroxyl groups excluding tert-OH is 1. The van der Waals surface area contributed by atoms with Crippen molar-refractivity contribution in [2.24, 2.45) is 0 Å². The van der Waals surface area contributed by atoms with Crippen LogP contribution in [-0.2, 0) is 0 Å². The Morgan fingerprint density at radius 3 is 2.30 bits per heavy atom. The molecule has 3 heteroatoms. The Bertz CT molecular complexity index is 622. The van der Waals surface area contributed by atoms with Gasteiger partial charge in [0.2, 0.25) is 0 Å². The minimum Gasteiger partial charge on any atom is -0.389 e. The van der Waals surface area contributed by atoms with E-state index in [0.29, 0.717) is 11.1 Å². The Hall–Kier alpha value is -1.87. The molecular formula is C17H20FNO. The van der Waals surface area contributed by atoms with Crippen molar-refractivity contribution in [1.82, 2.24) is 0 Å². The lowest BCUT2D eigenvalue weighted by atomic mass is 10.0. The molecule has 0 aliphatic carbocycles. The van der Waals surface area contributed by atoms with Gasteiger partial charge >= 0.3 is 0 Å². The normalized spacial score (nSPS) is 12.3. The predicted octanol–water partition coefficient (Wildman–Crippen LogP) is 4.26. The largest absolute Gasteiger partial charge is 0.389 e. The lowest BCUT2D eigenvalue weighted by Crippen LogP contribution is -2.14. The average Bonchev–Trinajstić information content (AvgIpc) is 2.41. The average molecular weight is 273 g/mol. The molecule has 0 saturated carbocycles. The fourth-order valence-electron chi connectivity index (χ4n) is 2.38. The zero-order valence-electron chi connectivity index (χ0n) is 12.3. The van der Waals surface area contributed by atoms with E-state index in [1.54, 1.807) is 19.9 Å². The van der Waals surface area contributed by atoms with Crippen LogP contribution in [0.1, 0.15) is 29.7 Å². The van der Waals surface area contributed by atoms with Crippen LogP contribution in [0, 0.1) is 19.7 Å². The summed E-state index contributed by atoms with van der Waals surface area (Å²) in [7, 11) is 1.93. The summed E-state index contributed by atoms with van der Waals surface area (Å²) in [4.78, 5) is 1.99. The van der Waals surface area contributed by atoms with Gasteiger partial charge in [0.25, 0.3) is 0 Å². The molecule has 1 N–H and O–H groups in total. The lowest BCUT2D eigenvalue weighted by molar-refractivity contribution is 0.199. The van der Waals surface area contributed by atoms with E-state index >= 15 is 0 Å². The zero-order valence-corrected chi connectivity index (χ0v) is 12.3. The van der Waals surface area contributed by atoms with Crippen LogP contribution in [0.15, 0.2) is 36.4 Å². The van der Waals surface area contributed by atoms with Crippen molar-refractivity contribution in [2.45, 2.75) is 26.9 Å². The van der Waals surface area contributed by atoms with E-state index in [9.17, 15) is 9.50 Å². The Morgan fingerprint density at radius 1 is 1.05 bits per heavy atom. The Morgan fingerprint density at radius 2 is 1.70 bits per heavy atom. The van der Waals surface area contributed by atoms with Gasteiger partial charge < -0.3 is 10.0 Å². The van der Waals surface area contributed by atoms with E-state index in [0.717, 1.165) is 16.9 Å². The highest BCUT2D eigenvalue weighted by Gasteiger charge is 2.16. The van der Waals surface area contributed by atoms with Crippen molar-refractivity contribution in [3.63, 3.8) is 0 Å². The van der Waals surface area contributed by atoms with Gasteiger partial charge in [-0.2, -0.15) is 0 Å². The molecule has 0 bridgehead atoms. The number of para-hydroxylation sites is 1. The monoisotopic (exact) mass is 273 g/mol. The molecule has 1 unspecified atom stereocenters. The van der Waals surface area contributed by atoms with Crippen molar-refractivity contribution in [3.05, 3.63) is 58.9 Å². The van der Waals surface area contributed by atoms with Crippen molar-refractivity contribution in [3.8, 4) is 0 Å². The first-order chi connectivity index (χ1) is 9.41. The molecule has 0 spiro atoms. The number of hydrogen-bond acceptors (Lipinski definition) is 2. The first kappa shape index (κ1) is 14.5. The second-order valence-electron chi connectivity index (χ2n) is 5.18. The van der Waals surface area contributed by atoms with Gasteiger partial charge in [-0.05, 0) is 50.1 Å².